The molecule has 35 heavy (non-hydrogen) atoms. The minimum absolute atomic E-state index is 0.0804. The first-order valence-corrected chi connectivity index (χ1v) is 14.0. The number of rotatable bonds is 15. The Morgan fingerprint density at radius 2 is 1.14 bits per heavy atom. The van der Waals surface area contributed by atoms with Crippen LogP contribution >= 0.6 is 46.4 Å². The summed E-state index contributed by atoms with van der Waals surface area (Å²) in [6.45, 7) is 10.00. The molecular formula is C27H36Cl4N4. The van der Waals surface area contributed by atoms with E-state index in [1.54, 1.807) is 0 Å². The van der Waals surface area contributed by atoms with Gasteiger partial charge in [0.25, 0.3) is 0 Å². The van der Waals surface area contributed by atoms with Gasteiger partial charge >= 0.3 is 0 Å². The van der Waals surface area contributed by atoms with E-state index >= 15 is 0 Å². The number of anilines is 2. The van der Waals surface area contributed by atoms with Gasteiger partial charge in [-0.05, 0) is 67.3 Å². The summed E-state index contributed by atoms with van der Waals surface area (Å²) in [5.41, 5.74) is 6.81. The smallest absolute Gasteiger partial charge is 0.0666 e. The maximum Gasteiger partial charge on any atom is 0.0666 e. The van der Waals surface area contributed by atoms with Gasteiger partial charge in [0.15, 0.2) is 0 Å². The lowest BCUT2D eigenvalue weighted by Gasteiger charge is -2.23. The third-order valence-electron chi connectivity index (χ3n) is 5.72. The first-order chi connectivity index (χ1) is 16.9. The summed E-state index contributed by atoms with van der Waals surface area (Å²) < 4.78 is 0. The third kappa shape index (κ3) is 9.84. The molecule has 0 bridgehead atoms. The van der Waals surface area contributed by atoms with Crippen molar-refractivity contribution in [2.45, 2.75) is 26.8 Å². The van der Waals surface area contributed by atoms with Gasteiger partial charge < -0.3 is 9.80 Å². The molecule has 0 aliphatic heterocycles. The summed E-state index contributed by atoms with van der Waals surface area (Å²) in [7, 11) is 0. The van der Waals surface area contributed by atoms with Crippen LogP contribution in [0.5, 0.6) is 0 Å². The molecule has 0 radical (unpaired) electrons. The van der Waals surface area contributed by atoms with Gasteiger partial charge in [0.1, 0.15) is 0 Å². The van der Waals surface area contributed by atoms with Crippen molar-refractivity contribution in [1.29, 1.82) is 0 Å². The molecule has 0 aliphatic rings. The third-order valence-corrected chi connectivity index (χ3v) is 6.40. The highest BCUT2D eigenvalue weighted by Crippen LogP contribution is 2.20. The SMILES string of the molecule is Cc1cc(N(CCCl)CCCl)ccc1C=NCC(C)N=Cc1ccc(N(CCCl)CCCl)cc1C. The molecule has 2 aromatic rings. The molecule has 0 aromatic heterocycles. The maximum absolute atomic E-state index is 5.94. The molecule has 0 heterocycles. The Morgan fingerprint density at radius 1 is 0.714 bits per heavy atom. The zero-order valence-electron chi connectivity index (χ0n) is 20.9. The van der Waals surface area contributed by atoms with Gasteiger partial charge in [-0.3, -0.25) is 9.98 Å². The van der Waals surface area contributed by atoms with Crippen molar-refractivity contribution in [2.75, 3.05) is 66.0 Å². The van der Waals surface area contributed by atoms with Crippen LogP contribution in [0.4, 0.5) is 11.4 Å². The fourth-order valence-corrected chi connectivity index (χ4v) is 4.53. The lowest BCUT2D eigenvalue weighted by molar-refractivity contribution is 0.761. The minimum atomic E-state index is 0.0804. The van der Waals surface area contributed by atoms with E-state index in [0.29, 0.717) is 30.1 Å². The zero-order chi connectivity index (χ0) is 25.6. The number of hydrogen-bond acceptors (Lipinski definition) is 4. The standard InChI is InChI=1S/C27H36Cl4N4/c1-21-16-26(34(12-8-28)13-9-29)6-4-24(21)19-32-18-23(3)33-20-25-5-7-27(17-22(25)2)35(14-10-30)15-11-31/h4-7,16-17,19-20,23H,8-15,18H2,1-3H3. The summed E-state index contributed by atoms with van der Waals surface area (Å²) in [6, 6.07) is 12.8. The van der Waals surface area contributed by atoms with Crippen LogP contribution in [0.1, 0.15) is 29.2 Å². The fraction of sp³-hybridized carbons (Fsp3) is 0.481. The average Bonchev–Trinajstić information content (AvgIpc) is 2.84. The van der Waals surface area contributed by atoms with Gasteiger partial charge in [0.05, 0.1) is 12.6 Å². The van der Waals surface area contributed by atoms with Gasteiger partial charge in [-0.25, -0.2) is 0 Å². The van der Waals surface area contributed by atoms with Crippen molar-refractivity contribution in [3.8, 4) is 0 Å². The van der Waals surface area contributed by atoms with Crippen molar-refractivity contribution in [1.82, 2.24) is 0 Å². The van der Waals surface area contributed by atoms with Gasteiger partial charge in [-0.2, -0.15) is 0 Å². The van der Waals surface area contributed by atoms with Crippen LogP contribution in [0, 0.1) is 13.8 Å². The van der Waals surface area contributed by atoms with E-state index in [0.717, 1.165) is 48.7 Å². The first kappa shape index (κ1) is 29.8. The molecule has 0 aliphatic carbocycles. The average molecular weight is 558 g/mol. The zero-order valence-corrected chi connectivity index (χ0v) is 23.9. The number of benzene rings is 2. The number of hydrogen-bond donors (Lipinski definition) is 0. The topological polar surface area (TPSA) is 31.2 Å². The van der Waals surface area contributed by atoms with Crippen molar-refractivity contribution >= 4 is 70.2 Å². The second-order valence-corrected chi connectivity index (χ2v) is 9.95. The fourth-order valence-electron chi connectivity index (χ4n) is 3.71. The molecule has 0 N–H and O–H groups in total. The molecule has 4 nitrogen and oxygen atoms in total. The van der Waals surface area contributed by atoms with Crippen LogP contribution in [0.15, 0.2) is 46.4 Å². The molecule has 0 amide bonds. The molecule has 2 aromatic carbocycles. The lowest BCUT2D eigenvalue weighted by Crippen LogP contribution is -2.27. The molecule has 1 atom stereocenters. The van der Waals surface area contributed by atoms with Crippen LogP contribution in [0.25, 0.3) is 0 Å². The van der Waals surface area contributed by atoms with E-state index in [1.165, 1.54) is 11.1 Å². The summed E-state index contributed by atoms with van der Waals surface area (Å²) in [5, 5.41) is 0. The number of alkyl halides is 4. The van der Waals surface area contributed by atoms with Gasteiger partial charge in [-0.15, -0.1) is 46.4 Å². The quantitative estimate of drug-likeness (QED) is 0.178. The number of aryl methyl sites for hydroxylation is 2. The predicted molar refractivity (Wildman–Crippen MR) is 159 cm³/mol. The van der Waals surface area contributed by atoms with Crippen molar-refractivity contribution < 1.29 is 0 Å². The molecule has 0 saturated heterocycles. The van der Waals surface area contributed by atoms with E-state index in [9.17, 15) is 0 Å². The van der Waals surface area contributed by atoms with Crippen LogP contribution in [-0.2, 0) is 0 Å². The Morgan fingerprint density at radius 3 is 1.54 bits per heavy atom. The summed E-state index contributed by atoms with van der Waals surface area (Å²) >= 11 is 23.8. The first-order valence-electron chi connectivity index (χ1n) is 11.9. The van der Waals surface area contributed by atoms with Crippen LogP contribution in [0.2, 0.25) is 0 Å². The van der Waals surface area contributed by atoms with E-state index in [2.05, 4.69) is 72.0 Å². The molecule has 192 valence electrons. The molecule has 0 saturated carbocycles. The second kappa shape index (κ2) is 16.3. The van der Waals surface area contributed by atoms with Crippen LogP contribution in [-0.4, -0.2) is 74.7 Å². The van der Waals surface area contributed by atoms with E-state index < -0.39 is 0 Å². The monoisotopic (exact) mass is 556 g/mol. The van der Waals surface area contributed by atoms with Crippen LogP contribution < -0.4 is 9.80 Å². The molecule has 0 spiro atoms. The Labute approximate surface area is 230 Å². The van der Waals surface area contributed by atoms with Crippen LogP contribution in [0.3, 0.4) is 0 Å². The minimum Gasteiger partial charge on any atom is -0.369 e. The van der Waals surface area contributed by atoms with Crippen molar-refractivity contribution in [2.24, 2.45) is 9.98 Å². The number of halogens is 4. The Balaban J connectivity index is 1.98. The van der Waals surface area contributed by atoms with Crippen molar-refractivity contribution in [3.05, 3.63) is 58.7 Å². The summed E-state index contributed by atoms with van der Waals surface area (Å²) in [5.74, 6) is 2.28. The van der Waals surface area contributed by atoms with Gasteiger partial charge in [0.2, 0.25) is 0 Å². The number of aliphatic imine (C=N–C) groups is 2. The summed E-state index contributed by atoms with van der Waals surface area (Å²) in [6.07, 6.45) is 3.87. The Kier molecular flexibility index (Phi) is 13.9. The number of nitrogens with zero attached hydrogens (tertiary/aromatic N) is 4. The molecular weight excluding hydrogens is 522 g/mol. The molecule has 0 fully saturated rings. The normalized spacial score (nSPS) is 12.5. The highest BCUT2D eigenvalue weighted by molar-refractivity contribution is 6.19. The predicted octanol–water partition coefficient (Wildman–Crippen LogP) is 6.80. The van der Waals surface area contributed by atoms with E-state index in [1.807, 2.05) is 12.4 Å². The highest BCUT2D eigenvalue weighted by atomic mass is 35.5. The molecule has 1 unspecified atom stereocenters. The largest absolute Gasteiger partial charge is 0.369 e. The Bertz CT molecular complexity index is 952. The van der Waals surface area contributed by atoms with Gasteiger partial charge in [0, 0.05) is 73.5 Å². The lowest BCUT2D eigenvalue weighted by atomic mass is 10.1. The second-order valence-electron chi connectivity index (χ2n) is 8.43. The molecule has 8 heteroatoms. The van der Waals surface area contributed by atoms with E-state index in [-0.39, 0.29) is 6.04 Å². The Hall–Kier alpha value is -1.46. The highest BCUT2D eigenvalue weighted by Gasteiger charge is 2.08. The molecule has 2 rings (SSSR count). The summed E-state index contributed by atoms with van der Waals surface area (Å²) in [4.78, 5) is 13.7. The van der Waals surface area contributed by atoms with Gasteiger partial charge in [-0.1, -0.05) is 12.1 Å². The van der Waals surface area contributed by atoms with Crippen molar-refractivity contribution in [3.63, 3.8) is 0 Å². The van der Waals surface area contributed by atoms with E-state index in [4.69, 9.17) is 51.4 Å². The maximum atomic E-state index is 5.94.